The number of aliphatic hydroxyl groups is 1. The van der Waals surface area contributed by atoms with Gasteiger partial charge in [-0.1, -0.05) is 40.2 Å². The predicted octanol–water partition coefficient (Wildman–Crippen LogP) is 3.99. The van der Waals surface area contributed by atoms with Gasteiger partial charge in [0, 0.05) is 10.0 Å². The molecular formula is C15H14BrFO2. The predicted molar refractivity (Wildman–Crippen MR) is 75.9 cm³/mol. The first kappa shape index (κ1) is 14.0. The van der Waals surface area contributed by atoms with E-state index >= 15 is 0 Å². The van der Waals surface area contributed by atoms with Crippen LogP contribution in [0.5, 0.6) is 5.75 Å². The highest BCUT2D eigenvalue weighted by molar-refractivity contribution is 9.10. The van der Waals surface area contributed by atoms with Crippen LogP contribution in [0, 0.1) is 12.7 Å². The summed E-state index contributed by atoms with van der Waals surface area (Å²) in [5.41, 5.74) is 1.89. The van der Waals surface area contributed by atoms with Crippen molar-refractivity contribution in [1.29, 1.82) is 0 Å². The van der Waals surface area contributed by atoms with Crippen molar-refractivity contribution < 1.29 is 14.2 Å². The zero-order chi connectivity index (χ0) is 14.0. The fourth-order valence-corrected chi connectivity index (χ4v) is 2.25. The van der Waals surface area contributed by atoms with Gasteiger partial charge in [0.25, 0.3) is 0 Å². The normalized spacial score (nSPS) is 12.3. The minimum Gasteiger partial charge on any atom is -0.494 e. The number of hydrogen-bond donors (Lipinski definition) is 1. The molecule has 0 heterocycles. The molecule has 0 aromatic heterocycles. The molecule has 0 spiro atoms. The maximum absolute atomic E-state index is 14.1. The van der Waals surface area contributed by atoms with E-state index in [0.717, 1.165) is 10.0 Å². The number of ether oxygens (including phenoxy) is 1. The molecule has 1 N–H and O–H groups in total. The first-order chi connectivity index (χ1) is 9.04. The zero-order valence-electron chi connectivity index (χ0n) is 10.7. The lowest BCUT2D eigenvalue weighted by Gasteiger charge is -2.15. The molecule has 19 heavy (non-hydrogen) atoms. The van der Waals surface area contributed by atoms with Gasteiger partial charge in [0.05, 0.1) is 7.11 Å². The second-order valence-corrected chi connectivity index (χ2v) is 5.13. The highest BCUT2D eigenvalue weighted by atomic mass is 79.9. The molecule has 100 valence electrons. The Morgan fingerprint density at radius 3 is 2.63 bits per heavy atom. The lowest BCUT2D eigenvalue weighted by molar-refractivity contribution is 0.213. The summed E-state index contributed by atoms with van der Waals surface area (Å²) >= 11 is 3.40. The first-order valence-electron chi connectivity index (χ1n) is 5.81. The fraction of sp³-hybridized carbons (Fsp3) is 0.200. The van der Waals surface area contributed by atoms with Crippen molar-refractivity contribution in [3.8, 4) is 5.75 Å². The highest BCUT2D eigenvalue weighted by Crippen LogP contribution is 2.31. The average Bonchev–Trinajstić information content (AvgIpc) is 2.41. The average molecular weight is 325 g/mol. The molecule has 0 aliphatic carbocycles. The molecule has 0 aliphatic heterocycles. The summed E-state index contributed by atoms with van der Waals surface area (Å²) in [6.07, 6.45) is -1.02. The lowest BCUT2D eigenvalue weighted by Crippen LogP contribution is -2.04. The van der Waals surface area contributed by atoms with Crippen molar-refractivity contribution in [3.63, 3.8) is 0 Å². The number of benzene rings is 2. The maximum Gasteiger partial charge on any atom is 0.171 e. The van der Waals surface area contributed by atoms with Gasteiger partial charge in [-0.3, -0.25) is 0 Å². The minimum atomic E-state index is -1.02. The van der Waals surface area contributed by atoms with E-state index in [-0.39, 0.29) is 11.3 Å². The lowest BCUT2D eigenvalue weighted by atomic mass is 10.00. The molecule has 0 saturated carbocycles. The minimum absolute atomic E-state index is 0.128. The topological polar surface area (TPSA) is 29.5 Å². The Balaban J connectivity index is 2.43. The molecule has 1 unspecified atom stereocenters. The van der Waals surface area contributed by atoms with E-state index in [4.69, 9.17) is 4.74 Å². The highest BCUT2D eigenvalue weighted by Gasteiger charge is 2.18. The van der Waals surface area contributed by atoms with E-state index in [9.17, 15) is 9.50 Å². The molecule has 0 aliphatic rings. The van der Waals surface area contributed by atoms with Crippen molar-refractivity contribution >= 4 is 15.9 Å². The van der Waals surface area contributed by atoms with Gasteiger partial charge < -0.3 is 9.84 Å². The Labute approximate surface area is 120 Å². The second-order valence-electron chi connectivity index (χ2n) is 4.27. The number of rotatable bonds is 3. The molecule has 1 atom stereocenters. The smallest absolute Gasteiger partial charge is 0.171 e. The Bertz CT molecular complexity index is 599. The van der Waals surface area contributed by atoms with Crippen LogP contribution in [0.1, 0.15) is 22.8 Å². The number of methoxy groups -OCH3 is 1. The van der Waals surface area contributed by atoms with E-state index < -0.39 is 11.9 Å². The maximum atomic E-state index is 14.1. The molecule has 0 fully saturated rings. The summed E-state index contributed by atoms with van der Waals surface area (Å²) in [6.45, 7) is 1.95. The number of aliphatic hydroxyl groups excluding tert-OH is 1. The molecule has 2 aromatic carbocycles. The van der Waals surface area contributed by atoms with Crippen molar-refractivity contribution in [2.45, 2.75) is 13.0 Å². The monoisotopic (exact) mass is 324 g/mol. The SMILES string of the molecule is COc1cccc(C(O)c2ccc(C)c(Br)c2)c1F. The Kier molecular flexibility index (Phi) is 4.22. The van der Waals surface area contributed by atoms with Crippen LogP contribution in [0.4, 0.5) is 4.39 Å². The van der Waals surface area contributed by atoms with Gasteiger partial charge in [-0.2, -0.15) is 0 Å². The summed E-state index contributed by atoms with van der Waals surface area (Å²) in [7, 11) is 1.40. The van der Waals surface area contributed by atoms with Gasteiger partial charge in [-0.05, 0) is 30.2 Å². The van der Waals surface area contributed by atoms with Crippen LogP contribution in [0.25, 0.3) is 0 Å². The Morgan fingerprint density at radius 2 is 2.00 bits per heavy atom. The number of aryl methyl sites for hydroxylation is 1. The Morgan fingerprint density at radius 1 is 1.26 bits per heavy atom. The van der Waals surface area contributed by atoms with Gasteiger partial charge in [0.15, 0.2) is 11.6 Å². The van der Waals surface area contributed by atoms with Crippen LogP contribution in [0.15, 0.2) is 40.9 Å². The first-order valence-corrected chi connectivity index (χ1v) is 6.60. The van der Waals surface area contributed by atoms with Gasteiger partial charge in [-0.15, -0.1) is 0 Å². The van der Waals surface area contributed by atoms with Crippen LogP contribution < -0.4 is 4.74 Å². The molecular weight excluding hydrogens is 311 g/mol. The van der Waals surface area contributed by atoms with Crippen LogP contribution in [0.2, 0.25) is 0 Å². The largest absolute Gasteiger partial charge is 0.494 e. The number of halogens is 2. The molecule has 0 amide bonds. The molecule has 2 rings (SSSR count). The summed E-state index contributed by atoms with van der Waals surface area (Å²) < 4.78 is 19.9. The number of hydrogen-bond acceptors (Lipinski definition) is 2. The molecule has 0 bridgehead atoms. The third kappa shape index (κ3) is 2.80. The third-order valence-corrected chi connectivity index (χ3v) is 3.87. The fourth-order valence-electron chi connectivity index (χ4n) is 1.86. The molecule has 4 heteroatoms. The van der Waals surface area contributed by atoms with Crippen LogP contribution in [0.3, 0.4) is 0 Å². The van der Waals surface area contributed by atoms with Crippen LogP contribution in [-0.2, 0) is 0 Å². The van der Waals surface area contributed by atoms with Crippen molar-refractivity contribution in [2.75, 3.05) is 7.11 Å². The van der Waals surface area contributed by atoms with E-state index in [1.807, 2.05) is 13.0 Å². The van der Waals surface area contributed by atoms with Gasteiger partial charge >= 0.3 is 0 Å². The molecule has 0 radical (unpaired) electrons. The summed E-state index contributed by atoms with van der Waals surface area (Å²) in [4.78, 5) is 0. The quantitative estimate of drug-likeness (QED) is 0.925. The molecule has 2 aromatic rings. The Hall–Kier alpha value is -1.39. The molecule has 0 saturated heterocycles. The third-order valence-electron chi connectivity index (χ3n) is 3.02. The van der Waals surface area contributed by atoms with E-state index in [0.29, 0.717) is 5.56 Å². The van der Waals surface area contributed by atoms with Gasteiger partial charge in [0.1, 0.15) is 6.10 Å². The summed E-state index contributed by atoms with van der Waals surface area (Å²) in [5, 5.41) is 10.3. The van der Waals surface area contributed by atoms with Crippen LogP contribution >= 0.6 is 15.9 Å². The van der Waals surface area contributed by atoms with Crippen LogP contribution in [-0.4, -0.2) is 12.2 Å². The van der Waals surface area contributed by atoms with E-state index in [1.165, 1.54) is 13.2 Å². The summed E-state index contributed by atoms with van der Waals surface area (Å²) in [6, 6.07) is 10.2. The van der Waals surface area contributed by atoms with E-state index in [2.05, 4.69) is 15.9 Å². The van der Waals surface area contributed by atoms with Crippen molar-refractivity contribution in [3.05, 3.63) is 63.4 Å². The van der Waals surface area contributed by atoms with Gasteiger partial charge in [-0.25, -0.2) is 4.39 Å². The molecule has 2 nitrogen and oxygen atoms in total. The van der Waals surface area contributed by atoms with E-state index in [1.54, 1.807) is 24.3 Å². The van der Waals surface area contributed by atoms with Crippen molar-refractivity contribution in [2.24, 2.45) is 0 Å². The zero-order valence-corrected chi connectivity index (χ0v) is 12.2. The standard InChI is InChI=1S/C15H14BrFO2/c1-9-6-7-10(8-12(9)16)15(18)11-4-3-5-13(19-2)14(11)17/h3-8,15,18H,1-2H3. The second kappa shape index (κ2) is 5.72. The van der Waals surface area contributed by atoms with Gasteiger partial charge in [0.2, 0.25) is 0 Å². The van der Waals surface area contributed by atoms with Crippen molar-refractivity contribution in [1.82, 2.24) is 0 Å². The summed E-state index contributed by atoms with van der Waals surface area (Å²) in [5.74, 6) is -0.406.